The molecule has 4 aromatic rings. The smallest absolute Gasteiger partial charge is 0.272 e. The summed E-state index contributed by atoms with van der Waals surface area (Å²) in [4.78, 5) is 24.6. The molecule has 0 aliphatic rings. The molecule has 0 saturated carbocycles. The largest absolute Gasteiger partial charge is 0.419 e. The summed E-state index contributed by atoms with van der Waals surface area (Å²) in [5.74, 6) is -3.22. The molecule has 2 amide bonds. The van der Waals surface area contributed by atoms with Crippen LogP contribution in [0.1, 0.15) is 32.3 Å². The van der Waals surface area contributed by atoms with Gasteiger partial charge >= 0.3 is 0 Å². The van der Waals surface area contributed by atoms with Gasteiger partial charge in [-0.25, -0.2) is 8.78 Å². The second-order valence-electron chi connectivity index (χ2n) is 6.87. The van der Waals surface area contributed by atoms with Crippen LogP contribution in [0.4, 0.5) is 14.6 Å². The van der Waals surface area contributed by atoms with E-state index in [0.717, 1.165) is 11.1 Å². The topological polar surface area (TPSA) is 126 Å². The predicted molar refractivity (Wildman–Crippen MR) is 114 cm³/mol. The van der Waals surface area contributed by atoms with Crippen LogP contribution in [0.2, 0.25) is 5.02 Å². The highest BCUT2D eigenvalue weighted by atomic mass is 35.5. The number of amides is 2. The van der Waals surface area contributed by atoms with Gasteiger partial charge in [-0.15, -0.1) is 10.2 Å². The Labute approximate surface area is 190 Å². The molecule has 12 heteroatoms. The van der Waals surface area contributed by atoms with Gasteiger partial charge in [0.15, 0.2) is 17.3 Å². The van der Waals surface area contributed by atoms with Crippen LogP contribution in [-0.2, 0) is 6.54 Å². The summed E-state index contributed by atoms with van der Waals surface area (Å²) in [6, 6.07) is 10.1. The summed E-state index contributed by atoms with van der Waals surface area (Å²) in [7, 11) is 0. The zero-order valence-corrected chi connectivity index (χ0v) is 17.7. The average Bonchev–Trinajstić information content (AvgIpc) is 3.45. The predicted octanol–water partition coefficient (Wildman–Crippen LogP) is 3.88. The molecule has 0 bridgehead atoms. The highest BCUT2D eigenvalue weighted by Gasteiger charge is 2.18. The molecule has 0 aliphatic carbocycles. The SMILES string of the molecule is Cc1ccccc1-c1nnc(CNC(=O)c2cc(NC(=O)c3cc(F)c(F)cc3Cl)[nH]n2)o1. The molecule has 0 fully saturated rings. The standard InChI is InChI=1S/C21H15ClF2N6O3/c1-10-4-2-3-5-11(10)21-30-29-18(33-21)9-25-20(32)16-8-17(28-27-16)26-19(31)12-6-14(23)15(24)7-13(12)22/h2-8H,9H2,1H3,(H,25,32)(H2,26,27,28,31). The van der Waals surface area contributed by atoms with E-state index in [4.69, 9.17) is 16.0 Å². The van der Waals surface area contributed by atoms with Crippen molar-refractivity contribution >= 4 is 29.2 Å². The lowest BCUT2D eigenvalue weighted by Gasteiger charge is -2.05. The van der Waals surface area contributed by atoms with Gasteiger partial charge in [0.1, 0.15) is 5.82 Å². The summed E-state index contributed by atoms with van der Waals surface area (Å²) in [6.45, 7) is 1.87. The monoisotopic (exact) mass is 472 g/mol. The lowest BCUT2D eigenvalue weighted by atomic mass is 10.1. The fourth-order valence-electron chi connectivity index (χ4n) is 2.88. The lowest BCUT2D eigenvalue weighted by Crippen LogP contribution is -2.23. The van der Waals surface area contributed by atoms with Crippen molar-refractivity contribution < 1.29 is 22.8 Å². The van der Waals surface area contributed by atoms with E-state index in [1.807, 2.05) is 31.2 Å². The number of hydrogen-bond acceptors (Lipinski definition) is 6. The van der Waals surface area contributed by atoms with Crippen LogP contribution in [0, 0.1) is 18.6 Å². The Morgan fingerprint density at radius 1 is 1.09 bits per heavy atom. The highest BCUT2D eigenvalue weighted by molar-refractivity contribution is 6.34. The highest BCUT2D eigenvalue weighted by Crippen LogP contribution is 2.22. The second kappa shape index (κ2) is 9.17. The summed E-state index contributed by atoms with van der Waals surface area (Å²) < 4.78 is 32.2. The molecule has 4 rings (SSSR count). The Kier molecular flexibility index (Phi) is 6.13. The van der Waals surface area contributed by atoms with Gasteiger partial charge in [0.25, 0.3) is 11.8 Å². The number of halogens is 3. The van der Waals surface area contributed by atoms with Gasteiger partial charge in [0, 0.05) is 11.6 Å². The van der Waals surface area contributed by atoms with Crippen LogP contribution in [0.15, 0.2) is 46.9 Å². The molecule has 168 valence electrons. The minimum absolute atomic E-state index is 0.0414. The zero-order valence-electron chi connectivity index (χ0n) is 16.9. The lowest BCUT2D eigenvalue weighted by molar-refractivity contribution is 0.0941. The third kappa shape index (κ3) is 4.88. The van der Waals surface area contributed by atoms with Crippen molar-refractivity contribution in [2.45, 2.75) is 13.5 Å². The van der Waals surface area contributed by atoms with E-state index in [1.54, 1.807) is 0 Å². The molecule has 9 nitrogen and oxygen atoms in total. The van der Waals surface area contributed by atoms with Crippen LogP contribution in [0.5, 0.6) is 0 Å². The number of H-pyrrole nitrogens is 1. The summed E-state index contributed by atoms with van der Waals surface area (Å²) in [5.41, 5.74) is 1.43. The molecule has 33 heavy (non-hydrogen) atoms. The first-order chi connectivity index (χ1) is 15.8. The second-order valence-corrected chi connectivity index (χ2v) is 7.27. The number of aromatic nitrogens is 4. The fourth-order valence-corrected chi connectivity index (χ4v) is 3.12. The maximum atomic E-state index is 13.4. The number of benzene rings is 2. The Hall–Kier alpha value is -4.12. The number of hydrogen-bond donors (Lipinski definition) is 3. The average molecular weight is 473 g/mol. The van der Waals surface area contributed by atoms with Gasteiger partial charge < -0.3 is 15.1 Å². The van der Waals surface area contributed by atoms with E-state index in [0.29, 0.717) is 18.0 Å². The molecule has 0 unspecified atom stereocenters. The molecular weight excluding hydrogens is 458 g/mol. The first kappa shape index (κ1) is 22.1. The number of carbonyl (C=O) groups is 2. The van der Waals surface area contributed by atoms with Gasteiger partial charge in [0.2, 0.25) is 11.8 Å². The zero-order chi connectivity index (χ0) is 23.5. The molecule has 2 aromatic heterocycles. The van der Waals surface area contributed by atoms with Crippen LogP contribution in [0.3, 0.4) is 0 Å². The van der Waals surface area contributed by atoms with Crippen molar-refractivity contribution in [3.05, 3.63) is 81.8 Å². The molecule has 0 aliphatic heterocycles. The van der Waals surface area contributed by atoms with Crippen LogP contribution in [-0.4, -0.2) is 32.2 Å². The van der Waals surface area contributed by atoms with E-state index in [1.165, 1.54) is 6.07 Å². The number of nitrogens with zero attached hydrogens (tertiary/aromatic N) is 3. The molecule has 0 atom stereocenters. The summed E-state index contributed by atoms with van der Waals surface area (Å²) in [5, 5.41) is 18.8. The third-order valence-corrected chi connectivity index (χ3v) is 4.87. The Balaban J connectivity index is 1.37. The molecule has 2 heterocycles. The molecular formula is C21H15ClF2N6O3. The number of carbonyl (C=O) groups excluding carboxylic acids is 2. The van der Waals surface area contributed by atoms with Crippen LogP contribution < -0.4 is 10.6 Å². The minimum Gasteiger partial charge on any atom is -0.419 e. The maximum Gasteiger partial charge on any atom is 0.272 e. The summed E-state index contributed by atoms with van der Waals surface area (Å²) in [6.07, 6.45) is 0. The Morgan fingerprint density at radius 2 is 1.85 bits per heavy atom. The summed E-state index contributed by atoms with van der Waals surface area (Å²) >= 11 is 5.79. The molecule has 0 spiro atoms. The van der Waals surface area contributed by atoms with E-state index < -0.39 is 23.4 Å². The van der Waals surface area contributed by atoms with Crippen molar-refractivity contribution in [2.24, 2.45) is 0 Å². The van der Waals surface area contributed by atoms with Crippen molar-refractivity contribution in [2.75, 3.05) is 5.32 Å². The van der Waals surface area contributed by atoms with Crippen LogP contribution >= 0.6 is 11.6 Å². The van der Waals surface area contributed by atoms with E-state index >= 15 is 0 Å². The van der Waals surface area contributed by atoms with E-state index in [9.17, 15) is 18.4 Å². The van der Waals surface area contributed by atoms with Crippen molar-refractivity contribution in [3.63, 3.8) is 0 Å². The van der Waals surface area contributed by atoms with Gasteiger partial charge in [-0.1, -0.05) is 29.8 Å². The van der Waals surface area contributed by atoms with E-state index in [2.05, 4.69) is 31.0 Å². The first-order valence-corrected chi connectivity index (χ1v) is 9.87. The maximum absolute atomic E-state index is 13.4. The quantitative estimate of drug-likeness (QED) is 0.366. The van der Waals surface area contributed by atoms with Gasteiger partial charge in [-0.05, 0) is 30.7 Å². The first-order valence-electron chi connectivity index (χ1n) is 9.49. The van der Waals surface area contributed by atoms with Gasteiger partial charge in [0.05, 0.1) is 17.1 Å². The normalized spacial score (nSPS) is 10.8. The number of aromatic amines is 1. The van der Waals surface area contributed by atoms with Crippen LogP contribution in [0.25, 0.3) is 11.5 Å². The third-order valence-electron chi connectivity index (χ3n) is 4.56. The Bertz CT molecular complexity index is 1350. The molecule has 0 saturated heterocycles. The number of rotatable bonds is 6. The Morgan fingerprint density at radius 3 is 2.64 bits per heavy atom. The molecule has 2 aromatic carbocycles. The molecule has 3 N–H and O–H groups in total. The van der Waals surface area contributed by atoms with E-state index in [-0.39, 0.29) is 34.5 Å². The minimum atomic E-state index is -1.22. The number of anilines is 1. The number of nitrogens with one attached hydrogen (secondary N) is 3. The van der Waals surface area contributed by atoms with Crippen molar-refractivity contribution in [1.82, 2.24) is 25.7 Å². The van der Waals surface area contributed by atoms with Gasteiger partial charge in [-0.3, -0.25) is 14.7 Å². The molecule has 0 radical (unpaired) electrons. The van der Waals surface area contributed by atoms with Crippen molar-refractivity contribution in [1.29, 1.82) is 0 Å². The number of aryl methyl sites for hydroxylation is 1. The van der Waals surface area contributed by atoms with Gasteiger partial charge in [-0.2, -0.15) is 5.10 Å². The van der Waals surface area contributed by atoms with Crippen molar-refractivity contribution in [3.8, 4) is 11.5 Å². The fraction of sp³-hybridized carbons (Fsp3) is 0.0952.